The summed E-state index contributed by atoms with van der Waals surface area (Å²) in [5.41, 5.74) is 4.07. The van der Waals surface area contributed by atoms with Gasteiger partial charge in [0.1, 0.15) is 12.4 Å². The van der Waals surface area contributed by atoms with Crippen molar-refractivity contribution in [2.24, 2.45) is 5.92 Å². The van der Waals surface area contributed by atoms with E-state index in [1.165, 1.54) is 0 Å². The first-order chi connectivity index (χ1) is 13.6. The first-order valence-corrected chi connectivity index (χ1v) is 9.17. The molecule has 148 valence electrons. The molecule has 1 aromatic heterocycles. The lowest BCUT2D eigenvalue weighted by Crippen LogP contribution is -2.55. The number of hydroxylamine groups is 1. The van der Waals surface area contributed by atoms with Crippen molar-refractivity contribution in [3.05, 3.63) is 59.4 Å². The van der Waals surface area contributed by atoms with E-state index in [1.807, 2.05) is 19.1 Å². The number of ether oxygens (including phenoxy) is 1. The molecule has 0 bridgehead atoms. The topological polar surface area (TPSA) is 113 Å². The molecule has 3 rings (SSSR count). The molecule has 2 amide bonds. The van der Waals surface area contributed by atoms with E-state index >= 15 is 0 Å². The van der Waals surface area contributed by atoms with Crippen LogP contribution in [0.4, 0.5) is 0 Å². The molecule has 1 saturated heterocycles. The Bertz CT molecular complexity index is 825. The molecule has 0 aliphatic carbocycles. The Labute approximate surface area is 163 Å². The molecule has 1 aliphatic heterocycles. The van der Waals surface area contributed by atoms with Gasteiger partial charge in [0.2, 0.25) is 5.91 Å². The van der Waals surface area contributed by atoms with Gasteiger partial charge in [-0.25, -0.2) is 5.48 Å². The number of rotatable bonds is 6. The highest BCUT2D eigenvalue weighted by atomic mass is 16.5. The number of hydrogen-bond acceptors (Lipinski definition) is 6. The van der Waals surface area contributed by atoms with Crippen molar-refractivity contribution in [3.8, 4) is 5.75 Å². The summed E-state index contributed by atoms with van der Waals surface area (Å²) >= 11 is 0. The number of aromatic nitrogens is 1. The summed E-state index contributed by atoms with van der Waals surface area (Å²) in [6.45, 7) is 3.45. The normalized spacial score (nSPS) is 18.9. The van der Waals surface area contributed by atoms with Gasteiger partial charge in [-0.15, -0.1) is 0 Å². The molecule has 8 heteroatoms. The highest BCUT2D eigenvalue weighted by Gasteiger charge is 2.32. The number of aryl methyl sites for hydroxylation is 1. The predicted octanol–water partition coefficient (Wildman–Crippen LogP) is 1.18. The average molecular weight is 384 g/mol. The Kier molecular flexibility index (Phi) is 6.57. The number of nitrogens with one attached hydrogen (secondary N) is 3. The van der Waals surface area contributed by atoms with Crippen molar-refractivity contribution >= 4 is 11.8 Å². The number of benzene rings is 1. The van der Waals surface area contributed by atoms with Crippen LogP contribution in [-0.4, -0.2) is 41.1 Å². The Hall–Kier alpha value is -2.97. The second-order valence-corrected chi connectivity index (χ2v) is 6.72. The number of amides is 2. The van der Waals surface area contributed by atoms with Gasteiger partial charge in [0.05, 0.1) is 12.0 Å². The second kappa shape index (κ2) is 9.29. The van der Waals surface area contributed by atoms with Crippen LogP contribution in [-0.2, 0) is 11.4 Å². The minimum absolute atomic E-state index is 0.279. The molecule has 8 nitrogen and oxygen atoms in total. The van der Waals surface area contributed by atoms with Gasteiger partial charge in [-0.3, -0.25) is 19.8 Å². The Morgan fingerprint density at radius 3 is 2.79 bits per heavy atom. The molecular weight excluding hydrogens is 360 g/mol. The van der Waals surface area contributed by atoms with Gasteiger partial charge in [-0.2, -0.15) is 0 Å². The van der Waals surface area contributed by atoms with E-state index in [4.69, 9.17) is 9.94 Å². The van der Waals surface area contributed by atoms with Crippen LogP contribution < -0.4 is 20.9 Å². The Morgan fingerprint density at radius 2 is 2.07 bits per heavy atom. The van der Waals surface area contributed by atoms with Crippen LogP contribution in [0.2, 0.25) is 0 Å². The Balaban J connectivity index is 1.58. The van der Waals surface area contributed by atoms with E-state index in [2.05, 4.69) is 15.6 Å². The number of piperidine rings is 1. The maximum absolute atomic E-state index is 12.5. The van der Waals surface area contributed by atoms with E-state index in [0.717, 1.165) is 11.3 Å². The zero-order valence-corrected chi connectivity index (χ0v) is 15.6. The van der Waals surface area contributed by atoms with Crippen LogP contribution in [0, 0.1) is 12.8 Å². The summed E-state index contributed by atoms with van der Waals surface area (Å²) in [7, 11) is 0. The van der Waals surface area contributed by atoms with Crippen molar-refractivity contribution in [1.29, 1.82) is 0 Å². The molecule has 1 fully saturated rings. The van der Waals surface area contributed by atoms with E-state index in [-0.39, 0.29) is 5.91 Å². The summed E-state index contributed by atoms with van der Waals surface area (Å²) in [5, 5.41) is 14.9. The van der Waals surface area contributed by atoms with Crippen molar-refractivity contribution in [3.63, 3.8) is 0 Å². The van der Waals surface area contributed by atoms with Gasteiger partial charge >= 0.3 is 0 Å². The predicted molar refractivity (Wildman–Crippen MR) is 102 cm³/mol. The number of pyridine rings is 1. The van der Waals surface area contributed by atoms with Gasteiger partial charge in [0.15, 0.2) is 0 Å². The summed E-state index contributed by atoms with van der Waals surface area (Å²) in [6, 6.07) is 10.3. The van der Waals surface area contributed by atoms with Crippen molar-refractivity contribution in [2.75, 3.05) is 13.1 Å². The molecule has 2 aromatic rings. The molecule has 2 heterocycles. The minimum atomic E-state index is -0.485. The summed E-state index contributed by atoms with van der Waals surface area (Å²) < 4.78 is 5.76. The van der Waals surface area contributed by atoms with E-state index < -0.39 is 17.9 Å². The van der Waals surface area contributed by atoms with Crippen molar-refractivity contribution < 1.29 is 19.5 Å². The maximum atomic E-state index is 12.5. The van der Waals surface area contributed by atoms with Crippen LogP contribution >= 0.6 is 0 Å². The molecule has 0 radical (unpaired) electrons. The lowest BCUT2D eigenvalue weighted by Gasteiger charge is -2.31. The first kappa shape index (κ1) is 19.8. The molecule has 4 N–H and O–H groups in total. The monoisotopic (exact) mass is 384 g/mol. The standard InChI is InChI=1S/C20H24N4O4/c1-13-15(3-2-9-22-13)12-28-16-6-4-14(5-7-16)19(25)23-18-11-21-10-8-17(18)20(26)24-27/h2-7,9,17-18,21,27H,8,10-12H2,1H3,(H,23,25)(H,24,26)/t17-,18+/m0/s1. The highest BCUT2D eigenvalue weighted by molar-refractivity contribution is 5.95. The fourth-order valence-electron chi connectivity index (χ4n) is 3.19. The van der Waals surface area contributed by atoms with Crippen molar-refractivity contribution in [2.45, 2.75) is 26.0 Å². The number of hydrogen-bond donors (Lipinski definition) is 4. The molecule has 1 aromatic carbocycles. The third kappa shape index (κ3) is 4.85. The third-order valence-electron chi connectivity index (χ3n) is 4.87. The number of carbonyl (C=O) groups is 2. The van der Waals surface area contributed by atoms with Crippen LogP contribution in [0.3, 0.4) is 0 Å². The zero-order chi connectivity index (χ0) is 19.9. The van der Waals surface area contributed by atoms with E-state index in [0.29, 0.717) is 37.4 Å². The Morgan fingerprint density at radius 1 is 1.29 bits per heavy atom. The molecule has 0 spiro atoms. The number of carbonyl (C=O) groups excluding carboxylic acids is 2. The zero-order valence-electron chi connectivity index (χ0n) is 15.6. The maximum Gasteiger partial charge on any atom is 0.251 e. The lowest BCUT2D eigenvalue weighted by atomic mass is 9.91. The third-order valence-corrected chi connectivity index (χ3v) is 4.87. The van der Waals surface area contributed by atoms with E-state index in [9.17, 15) is 9.59 Å². The largest absolute Gasteiger partial charge is 0.489 e. The van der Waals surface area contributed by atoms with Gasteiger partial charge in [0, 0.05) is 29.6 Å². The van der Waals surface area contributed by atoms with Crippen LogP contribution in [0.5, 0.6) is 5.75 Å². The number of nitrogens with zero attached hydrogens (tertiary/aromatic N) is 1. The first-order valence-electron chi connectivity index (χ1n) is 9.17. The molecule has 2 atom stereocenters. The fraction of sp³-hybridized carbons (Fsp3) is 0.350. The van der Waals surface area contributed by atoms with Gasteiger partial charge in [0.25, 0.3) is 5.91 Å². The van der Waals surface area contributed by atoms with Gasteiger partial charge in [-0.05, 0) is 50.2 Å². The fourth-order valence-corrected chi connectivity index (χ4v) is 3.19. The summed E-state index contributed by atoms with van der Waals surface area (Å²) in [6.07, 6.45) is 2.28. The summed E-state index contributed by atoms with van der Waals surface area (Å²) in [5.74, 6) is -0.586. The summed E-state index contributed by atoms with van der Waals surface area (Å²) in [4.78, 5) is 28.5. The van der Waals surface area contributed by atoms with Crippen molar-refractivity contribution in [1.82, 2.24) is 21.1 Å². The quantitative estimate of drug-likeness (QED) is 0.440. The minimum Gasteiger partial charge on any atom is -0.489 e. The SMILES string of the molecule is Cc1ncccc1COc1ccc(C(=O)N[C@@H]2CNCC[C@@H]2C(=O)NO)cc1. The van der Waals surface area contributed by atoms with E-state index in [1.54, 1.807) is 35.9 Å². The highest BCUT2D eigenvalue weighted by Crippen LogP contribution is 2.17. The molecule has 28 heavy (non-hydrogen) atoms. The smallest absolute Gasteiger partial charge is 0.251 e. The van der Waals surface area contributed by atoms with Crippen LogP contribution in [0.25, 0.3) is 0 Å². The molecule has 1 aliphatic rings. The molecule has 0 unspecified atom stereocenters. The average Bonchev–Trinajstić information content (AvgIpc) is 2.73. The van der Waals surface area contributed by atoms with Gasteiger partial charge in [-0.1, -0.05) is 6.07 Å². The van der Waals surface area contributed by atoms with Crippen LogP contribution in [0.15, 0.2) is 42.6 Å². The lowest BCUT2D eigenvalue weighted by molar-refractivity contribution is -0.134. The molecule has 0 saturated carbocycles. The van der Waals surface area contributed by atoms with Crippen LogP contribution in [0.1, 0.15) is 28.0 Å². The van der Waals surface area contributed by atoms with Gasteiger partial charge < -0.3 is 15.4 Å². The molecular formula is C20H24N4O4. The second-order valence-electron chi connectivity index (χ2n) is 6.72.